The Morgan fingerprint density at radius 3 is 2.71 bits per heavy atom. The number of rotatable bonds is 5. The quantitative estimate of drug-likeness (QED) is 0.866. The molecule has 1 aromatic carbocycles. The van der Waals surface area contributed by atoms with Crippen LogP contribution in [0.5, 0.6) is 5.75 Å². The third-order valence-electron chi connectivity index (χ3n) is 3.84. The molecule has 0 aromatic heterocycles. The number of aliphatic hydroxyl groups excluding tert-OH is 1. The first kappa shape index (κ1) is 16.2. The highest BCUT2D eigenvalue weighted by molar-refractivity contribution is 7.89. The molecule has 21 heavy (non-hydrogen) atoms. The maximum atomic E-state index is 13.6. The van der Waals surface area contributed by atoms with Crippen molar-refractivity contribution >= 4 is 10.0 Å². The van der Waals surface area contributed by atoms with Gasteiger partial charge in [-0.1, -0.05) is 12.8 Å². The number of hydrogen-bond acceptors (Lipinski definition) is 4. The maximum Gasteiger partial charge on any atom is 0.240 e. The summed E-state index contributed by atoms with van der Waals surface area (Å²) >= 11 is 0. The molecule has 0 saturated heterocycles. The summed E-state index contributed by atoms with van der Waals surface area (Å²) in [5.74, 6) is -0.814. The van der Waals surface area contributed by atoms with E-state index in [0.29, 0.717) is 6.42 Å². The fourth-order valence-electron chi connectivity index (χ4n) is 2.54. The number of halogens is 1. The zero-order valence-electron chi connectivity index (χ0n) is 11.9. The Morgan fingerprint density at radius 1 is 1.38 bits per heavy atom. The molecular weight excluding hydrogens is 297 g/mol. The van der Waals surface area contributed by atoms with Crippen LogP contribution in [-0.2, 0) is 10.0 Å². The van der Waals surface area contributed by atoms with Gasteiger partial charge in [0.25, 0.3) is 0 Å². The van der Waals surface area contributed by atoms with Gasteiger partial charge in [-0.05, 0) is 37.0 Å². The fraction of sp³-hybridized carbons (Fsp3) is 0.571. The first-order valence-electron chi connectivity index (χ1n) is 6.95. The van der Waals surface area contributed by atoms with Gasteiger partial charge in [-0.3, -0.25) is 0 Å². The van der Waals surface area contributed by atoms with Crippen LogP contribution in [0.15, 0.2) is 23.1 Å². The first-order chi connectivity index (χ1) is 9.94. The second kappa shape index (κ2) is 6.72. The molecule has 7 heteroatoms. The largest absolute Gasteiger partial charge is 0.494 e. The summed E-state index contributed by atoms with van der Waals surface area (Å²) in [7, 11) is -2.47. The molecule has 0 aliphatic heterocycles. The highest BCUT2D eigenvalue weighted by Gasteiger charge is 2.25. The molecule has 0 heterocycles. The molecule has 2 N–H and O–H groups in total. The summed E-state index contributed by atoms with van der Waals surface area (Å²) in [5.41, 5.74) is 0. The van der Waals surface area contributed by atoms with E-state index >= 15 is 0 Å². The van der Waals surface area contributed by atoms with Gasteiger partial charge in [0.15, 0.2) is 11.6 Å². The summed E-state index contributed by atoms with van der Waals surface area (Å²) in [6.45, 7) is 0.164. The second-order valence-corrected chi connectivity index (χ2v) is 7.03. The molecule has 2 rings (SSSR count). The average Bonchev–Trinajstić information content (AvgIpc) is 2.46. The van der Waals surface area contributed by atoms with Crippen LogP contribution in [-0.4, -0.2) is 33.3 Å². The van der Waals surface area contributed by atoms with E-state index in [1.54, 1.807) is 0 Å². The van der Waals surface area contributed by atoms with Crippen molar-refractivity contribution in [1.29, 1.82) is 0 Å². The Labute approximate surface area is 124 Å². The number of aliphatic hydroxyl groups is 1. The highest BCUT2D eigenvalue weighted by atomic mass is 32.2. The van der Waals surface area contributed by atoms with E-state index in [0.717, 1.165) is 25.3 Å². The SMILES string of the molecule is COc1ccc(S(=O)(=O)NCC2CCCCC2O)cc1F. The third kappa shape index (κ3) is 3.93. The molecule has 1 saturated carbocycles. The van der Waals surface area contributed by atoms with Crippen molar-refractivity contribution in [3.05, 3.63) is 24.0 Å². The molecule has 1 fully saturated rings. The molecule has 0 spiro atoms. The molecule has 2 unspecified atom stereocenters. The minimum absolute atomic E-state index is 0.00310. The number of sulfonamides is 1. The van der Waals surface area contributed by atoms with Crippen LogP contribution >= 0.6 is 0 Å². The number of hydrogen-bond donors (Lipinski definition) is 2. The molecule has 0 bridgehead atoms. The van der Waals surface area contributed by atoms with Crippen LogP contribution < -0.4 is 9.46 Å². The standard InChI is InChI=1S/C14H20FNO4S/c1-20-14-7-6-11(8-12(14)15)21(18,19)16-9-10-4-2-3-5-13(10)17/h6-8,10,13,16-17H,2-5,9H2,1H3. The molecular formula is C14H20FNO4S. The van der Waals surface area contributed by atoms with Gasteiger partial charge in [-0.25, -0.2) is 17.5 Å². The van der Waals surface area contributed by atoms with Gasteiger partial charge < -0.3 is 9.84 Å². The van der Waals surface area contributed by atoms with Crippen molar-refractivity contribution in [2.75, 3.05) is 13.7 Å². The lowest BCUT2D eigenvalue weighted by atomic mass is 9.87. The summed E-state index contributed by atoms with van der Waals surface area (Å²) in [6.07, 6.45) is 2.97. The monoisotopic (exact) mass is 317 g/mol. The van der Waals surface area contributed by atoms with Gasteiger partial charge in [-0.2, -0.15) is 0 Å². The Morgan fingerprint density at radius 2 is 2.10 bits per heavy atom. The van der Waals surface area contributed by atoms with E-state index in [1.807, 2.05) is 0 Å². The van der Waals surface area contributed by atoms with Crippen molar-refractivity contribution in [1.82, 2.24) is 4.72 Å². The molecule has 118 valence electrons. The van der Waals surface area contributed by atoms with Crippen molar-refractivity contribution in [2.45, 2.75) is 36.7 Å². The Hall–Kier alpha value is -1.18. The molecule has 0 radical (unpaired) electrons. The fourth-order valence-corrected chi connectivity index (χ4v) is 3.65. The Balaban J connectivity index is 2.06. The minimum atomic E-state index is -3.79. The van der Waals surface area contributed by atoms with Crippen LogP contribution in [0.3, 0.4) is 0 Å². The number of nitrogens with one attached hydrogen (secondary N) is 1. The van der Waals surface area contributed by atoms with Gasteiger partial charge in [-0.15, -0.1) is 0 Å². The predicted octanol–water partition coefficient (Wildman–Crippen LogP) is 1.66. The number of ether oxygens (including phenoxy) is 1. The van der Waals surface area contributed by atoms with Crippen LogP contribution in [0.25, 0.3) is 0 Å². The van der Waals surface area contributed by atoms with E-state index in [2.05, 4.69) is 4.72 Å². The van der Waals surface area contributed by atoms with Crippen molar-refractivity contribution < 1.29 is 22.7 Å². The topological polar surface area (TPSA) is 75.6 Å². The second-order valence-electron chi connectivity index (χ2n) is 5.26. The van der Waals surface area contributed by atoms with Crippen molar-refractivity contribution in [3.63, 3.8) is 0 Å². The lowest BCUT2D eigenvalue weighted by Gasteiger charge is -2.27. The van der Waals surface area contributed by atoms with Crippen LogP contribution in [0.2, 0.25) is 0 Å². The number of benzene rings is 1. The first-order valence-corrected chi connectivity index (χ1v) is 8.43. The van der Waals surface area contributed by atoms with E-state index in [1.165, 1.54) is 19.2 Å². The maximum absolute atomic E-state index is 13.6. The van der Waals surface area contributed by atoms with E-state index < -0.39 is 21.9 Å². The van der Waals surface area contributed by atoms with Crippen LogP contribution in [0.4, 0.5) is 4.39 Å². The molecule has 1 aromatic rings. The van der Waals surface area contributed by atoms with E-state index in [9.17, 15) is 17.9 Å². The zero-order chi connectivity index (χ0) is 15.5. The molecule has 2 atom stereocenters. The Bertz CT molecular complexity index is 591. The average molecular weight is 317 g/mol. The van der Waals surface area contributed by atoms with Crippen LogP contribution in [0, 0.1) is 11.7 Å². The van der Waals surface area contributed by atoms with Gasteiger partial charge >= 0.3 is 0 Å². The van der Waals surface area contributed by atoms with Gasteiger partial charge in [0.2, 0.25) is 10.0 Å². The highest BCUT2D eigenvalue weighted by Crippen LogP contribution is 2.25. The van der Waals surface area contributed by atoms with Crippen molar-refractivity contribution in [3.8, 4) is 5.75 Å². The van der Waals surface area contributed by atoms with Gasteiger partial charge in [0.1, 0.15) is 0 Å². The van der Waals surface area contributed by atoms with Gasteiger partial charge in [0, 0.05) is 6.54 Å². The Kier molecular flexibility index (Phi) is 5.18. The predicted molar refractivity (Wildman–Crippen MR) is 76.1 cm³/mol. The summed E-state index contributed by atoms with van der Waals surface area (Å²) in [4.78, 5) is -0.147. The lowest BCUT2D eigenvalue weighted by molar-refractivity contribution is 0.0724. The zero-order valence-corrected chi connectivity index (χ0v) is 12.7. The van der Waals surface area contributed by atoms with Crippen LogP contribution in [0.1, 0.15) is 25.7 Å². The number of methoxy groups -OCH3 is 1. The molecule has 5 nitrogen and oxygen atoms in total. The minimum Gasteiger partial charge on any atom is -0.494 e. The lowest BCUT2D eigenvalue weighted by Crippen LogP contribution is -2.36. The molecule has 1 aliphatic rings. The summed E-state index contributed by atoms with van der Waals surface area (Å²) in [6, 6.07) is 3.50. The van der Waals surface area contributed by atoms with Gasteiger partial charge in [0.05, 0.1) is 18.1 Å². The van der Waals surface area contributed by atoms with E-state index in [-0.39, 0.29) is 23.1 Å². The van der Waals surface area contributed by atoms with Crippen molar-refractivity contribution in [2.24, 2.45) is 5.92 Å². The van der Waals surface area contributed by atoms with E-state index in [4.69, 9.17) is 4.74 Å². The third-order valence-corrected chi connectivity index (χ3v) is 5.26. The molecule has 0 amide bonds. The normalized spacial score (nSPS) is 23.0. The smallest absolute Gasteiger partial charge is 0.240 e. The summed E-state index contributed by atoms with van der Waals surface area (Å²) in [5, 5.41) is 9.84. The summed E-state index contributed by atoms with van der Waals surface area (Å²) < 4.78 is 45.1. The molecule has 1 aliphatic carbocycles.